The summed E-state index contributed by atoms with van der Waals surface area (Å²) in [4.78, 5) is 12.6. The minimum absolute atomic E-state index is 0.0471. The molecule has 1 atom stereocenters. The van der Waals surface area contributed by atoms with Crippen molar-refractivity contribution in [2.75, 3.05) is 20.1 Å². The molecule has 1 N–H and O–H groups in total. The molecule has 0 heterocycles. The molecule has 112 valence electrons. The number of nitrogens with zero attached hydrogens (tertiary/aromatic N) is 2. The lowest BCUT2D eigenvalue weighted by Gasteiger charge is -2.23. The molecule has 0 aliphatic rings. The van der Waals surface area contributed by atoms with Crippen LogP contribution >= 0.6 is 0 Å². The molecule has 0 radical (unpaired) electrons. The summed E-state index contributed by atoms with van der Waals surface area (Å²) in [6, 6.07) is 4.03. The lowest BCUT2D eigenvalue weighted by molar-refractivity contribution is -0.385. The smallest absolute Gasteiger partial charge is 0.274 e. The zero-order valence-electron chi connectivity index (χ0n) is 12.2. The number of likely N-dealkylation sites (N-methyl/N-ethyl adjacent to an activating group) is 1. The summed E-state index contributed by atoms with van der Waals surface area (Å²) in [5.74, 6) is -0.455. The third-order valence-corrected chi connectivity index (χ3v) is 3.54. The normalized spacial score (nSPS) is 12.7. The van der Waals surface area contributed by atoms with Gasteiger partial charge < -0.3 is 10.2 Å². The molecule has 0 spiro atoms. The van der Waals surface area contributed by atoms with Crippen molar-refractivity contribution in [2.24, 2.45) is 0 Å². The van der Waals surface area contributed by atoms with E-state index in [1.54, 1.807) is 0 Å². The Labute approximate surface area is 118 Å². The fraction of sp³-hybridized carbons (Fsp3) is 0.571. The van der Waals surface area contributed by atoms with Gasteiger partial charge in [-0.15, -0.1) is 0 Å². The summed E-state index contributed by atoms with van der Waals surface area (Å²) in [5, 5.41) is 14.0. The number of halogens is 1. The van der Waals surface area contributed by atoms with Crippen LogP contribution in [0.25, 0.3) is 0 Å². The van der Waals surface area contributed by atoms with Crippen LogP contribution in [0.1, 0.15) is 25.8 Å². The lowest BCUT2D eigenvalue weighted by atomic mass is 10.1. The van der Waals surface area contributed by atoms with Crippen LogP contribution in [0, 0.1) is 15.9 Å². The van der Waals surface area contributed by atoms with E-state index in [1.165, 1.54) is 12.1 Å². The van der Waals surface area contributed by atoms with Crippen LogP contribution in [0.2, 0.25) is 0 Å². The van der Waals surface area contributed by atoms with Gasteiger partial charge in [-0.25, -0.2) is 4.39 Å². The SMILES string of the molecule is CCC(C)N(C)CCNCc1cc(F)ccc1[N+](=O)[O-]. The third-order valence-electron chi connectivity index (χ3n) is 3.54. The van der Waals surface area contributed by atoms with E-state index in [-0.39, 0.29) is 5.69 Å². The van der Waals surface area contributed by atoms with Gasteiger partial charge in [0.05, 0.1) is 4.92 Å². The second-order valence-electron chi connectivity index (χ2n) is 4.94. The van der Waals surface area contributed by atoms with E-state index in [1.807, 2.05) is 7.05 Å². The fourth-order valence-corrected chi connectivity index (χ4v) is 1.88. The van der Waals surface area contributed by atoms with Gasteiger partial charge in [0.2, 0.25) is 0 Å². The molecule has 0 amide bonds. The van der Waals surface area contributed by atoms with Gasteiger partial charge in [0, 0.05) is 37.3 Å². The van der Waals surface area contributed by atoms with Gasteiger partial charge in [0.1, 0.15) is 5.82 Å². The Balaban J connectivity index is 2.50. The number of nitro groups is 1. The molecule has 5 nitrogen and oxygen atoms in total. The Morgan fingerprint density at radius 3 is 2.80 bits per heavy atom. The predicted octanol–water partition coefficient (Wildman–Crippen LogP) is 2.55. The van der Waals surface area contributed by atoms with Crippen molar-refractivity contribution >= 4 is 5.69 Å². The van der Waals surface area contributed by atoms with Gasteiger partial charge in [-0.3, -0.25) is 10.1 Å². The van der Waals surface area contributed by atoms with Crippen LogP contribution in [0.15, 0.2) is 18.2 Å². The highest BCUT2D eigenvalue weighted by atomic mass is 19.1. The second-order valence-corrected chi connectivity index (χ2v) is 4.94. The summed E-state index contributed by atoms with van der Waals surface area (Å²) in [5.41, 5.74) is 0.329. The molecule has 0 saturated carbocycles. The van der Waals surface area contributed by atoms with Crippen molar-refractivity contribution in [1.29, 1.82) is 0 Å². The largest absolute Gasteiger partial charge is 0.311 e. The highest BCUT2D eigenvalue weighted by Gasteiger charge is 2.14. The topological polar surface area (TPSA) is 58.4 Å². The maximum Gasteiger partial charge on any atom is 0.274 e. The van der Waals surface area contributed by atoms with E-state index in [9.17, 15) is 14.5 Å². The molecule has 1 aromatic rings. The predicted molar refractivity (Wildman–Crippen MR) is 77.1 cm³/mol. The van der Waals surface area contributed by atoms with E-state index in [2.05, 4.69) is 24.1 Å². The van der Waals surface area contributed by atoms with E-state index >= 15 is 0 Å². The first-order chi connectivity index (χ1) is 9.45. The van der Waals surface area contributed by atoms with Gasteiger partial charge in [0.15, 0.2) is 0 Å². The molecule has 6 heteroatoms. The molecular formula is C14H22FN3O2. The van der Waals surface area contributed by atoms with Gasteiger partial charge in [-0.05, 0) is 32.5 Å². The molecule has 0 fully saturated rings. The highest BCUT2D eigenvalue weighted by Crippen LogP contribution is 2.19. The first-order valence-electron chi connectivity index (χ1n) is 6.79. The first-order valence-corrected chi connectivity index (χ1v) is 6.79. The quantitative estimate of drug-likeness (QED) is 0.452. The number of hydrogen-bond donors (Lipinski definition) is 1. The van der Waals surface area contributed by atoms with Crippen LogP contribution in [0.5, 0.6) is 0 Å². The summed E-state index contributed by atoms with van der Waals surface area (Å²) < 4.78 is 13.1. The number of nitro benzene ring substituents is 1. The van der Waals surface area contributed by atoms with Crippen molar-refractivity contribution < 1.29 is 9.31 Å². The second kappa shape index (κ2) is 7.91. The Morgan fingerprint density at radius 1 is 1.50 bits per heavy atom. The lowest BCUT2D eigenvalue weighted by Crippen LogP contribution is -2.34. The Morgan fingerprint density at radius 2 is 2.20 bits per heavy atom. The Hall–Kier alpha value is -1.53. The zero-order chi connectivity index (χ0) is 15.1. The summed E-state index contributed by atoms with van der Waals surface area (Å²) in [7, 11) is 2.04. The van der Waals surface area contributed by atoms with Crippen LogP contribution in [-0.4, -0.2) is 36.0 Å². The molecular weight excluding hydrogens is 261 g/mol. The fourth-order valence-electron chi connectivity index (χ4n) is 1.88. The molecule has 20 heavy (non-hydrogen) atoms. The van der Waals surface area contributed by atoms with Gasteiger partial charge in [0.25, 0.3) is 5.69 Å². The van der Waals surface area contributed by atoms with E-state index in [0.717, 1.165) is 19.0 Å². The molecule has 0 aliphatic carbocycles. The van der Waals surface area contributed by atoms with Gasteiger partial charge >= 0.3 is 0 Å². The number of hydrogen-bond acceptors (Lipinski definition) is 4. The number of benzene rings is 1. The summed E-state index contributed by atoms with van der Waals surface area (Å²) in [6.45, 7) is 6.12. The van der Waals surface area contributed by atoms with E-state index in [0.29, 0.717) is 24.7 Å². The standard InChI is InChI=1S/C14H22FN3O2/c1-4-11(2)17(3)8-7-16-10-12-9-13(15)5-6-14(12)18(19)20/h5-6,9,11,16H,4,7-8,10H2,1-3H3. The maximum absolute atomic E-state index is 13.1. The molecule has 0 saturated heterocycles. The number of nitrogens with one attached hydrogen (secondary N) is 1. The first kappa shape index (κ1) is 16.5. The van der Waals surface area contributed by atoms with Crippen LogP contribution in [0.3, 0.4) is 0 Å². The average Bonchev–Trinajstić information content (AvgIpc) is 2.42. The van der Waals surface area contributed by atoms with Crippen molar-refractivity contribution in [3.05, 3.63) is 39.7 Å². The van der Waals surface area contributed by atoms with E-state index in [4.69, 9.17) is 0 Å². The Kier molecular flexibility index (Phi) is 6.54. The number of rotatable bonds is 8. The zero-order valence-corrected chi connectivity index (χ0v) is 12.2. The molecule has 0 aromatic heterocycles. The van der Waals surface area contributed by atoms with Crippen molar-refractivity contribution in [3.8, 4) is 0 Å². The van der Waals surface area contributed by atoms with Crippen LogP contribution in [0.4, 0.5) is 10.1 Å². The monoisotopic (exact) mass is 283 g/mol. The van der Waals surface area contributed by atoms with Crippen molar-refractivity contribution in [2.45, 2.75) is 32.9 Å². The highest BCUT2D eigenvalue weighted by molar-refractivity contribution is 5.40. The van der Waals surface area contributed by atoms with Crippen LogP contribution < -0.4 is 5.32 Å². The van der Waals surface area contributed by atoms with Gasteiger partial charge in [-0.2, -0.15) is 0 Å². The molecule has 0 bridgehead atoms. The molecule has 1 aromatic carbocycles. The Bertz CT molecular complexity index is 454. The molecule has 1 unspecified atom stereocenters. The molecule has 1 rings (SSSR count). The molecule has 0 aliphatic heterocycles. The maximum atomic E-state index is 13.1. The summed E-state index contributed by atoms with van der Waals surface area (Å²) >= 11 is 0. The average molecular weight is 283 g/mol. The van der Waals surface area contributed by atoms with Crippen LogP contribution in [-0.2, 0) is 6.54 Å². The minimum Gasteiger partial charge on any atom is -0.311 e. The third kappa shape index (κ3) is 4.86. The minimum atomic E-state index is -0.484. The van der Waals surface area contributed by atoms with Crippen molar-refractivity contribution in [1.82, 2.24) is 10.2 Å². The van der Waals surface area contributed by atoms with E-state index < -0.39 is 10.7 Å². The van der Waals surface area contributed by atoms with Crippen molar-refractivity contribution in [3.63, 3.8) is 0 Å². The van der Waals surface area contributed by atoms with Gasteiger partial charge in [-0.1, -0.05) is 6.92 Å². The summed E-state index contributed by atoms with van der Waals surface area (Å²) in [6.07, 6.45) is 1.08.